The lowest BCUT2D eigenvalue weighted by Gasteiger charge is -2.42. The van der Waals surface area contributed by atoms with Gasteiger partial charge in [-0.3, -0.25) is 4.79 Å². The van der Waals surface area contributed by atoms with Gasteiger partial charge in [-0.15, -0.1) is 0 Å². The Morgan fingerprint density at radius 3 is 2.29 bits per heavy atom. The molecule has 168 valence electrons. The lowest BCUT2D eigenvalue weighted by Crippen LogP contribution is -2.54. The molecule has 2 N–H and O–H groups in total. The maximum Gasteiger partial charge on any atom is 0.417 e. The zero-order valence-electron chi connectivity index (χ0n) is 17.5. The van der Waals surface area contributed by atoms with Crippen LogP contribution in [0.4, 0.5) is 35.9 Å². The van der Waals surface area contributed by atoms with E-state index >= 15 is 0 Å². The minimum atomic E-state index is -4.38. The molecule has 0 amide bonds. The summed E-state index contributed by atoms with van der Waals surface area (Å²) in [5.41, 5.74) is 1.16. The summed E-state index contributed by atoms with van der Waals surface area (Å²) in [6, 6.07) is 13.0. The van der Waals surface area contributed by atoms with Crippen LogP contribution < -0.4 is 20.3 Å². The number of nitrogens with zero attached hydrogens (tertiary/aromatic N) is 1. The maximum atomic E-state index is 13.3. The van der Waals surface area contributed by atoms with Gasteiger partial charge in [-0.25, -0.2) is 0 Å². The predicted molar refractivity (Wildman–Crippen MR) is 115 cm³/mol. The molecule has 1 saturated heterocycles. The lowest BCUT2D eigenvalue weighted by molar-refractivity contribution is -0.276. The molecule has 1 aliphatic heterocycles. The number of ether oxygens (including phenoxy) is 2. The highest BCUT2D eigenvalue weighted by Gasteiger charge is 2.56. The van der Waals surface area contributed by atoms with Gasteiger partial charge >= 0.3 is 6.18 Å². The number of hydrogen-bond donors (Lipinski definition) is 2. The predicted octanol–water partition coefficient (Wildman–Crippen LogP) is 4.60. The van der Waals surface area contributed by atoms with Gasteiger partial charge in [0.2, 0.25) is 0 Å². The second-order valence-corrected chi connectivity index (χ2v) is 7.29. The molecule has 0 bridgehead atoms. The SMILES string of the molecule is CNc1ccc(Nc2ccc(N3CCC(OC)(C(F)(F)F)CC3)cc2)cc1OCC=O. The molecule has 3 rings (SSSR count). The number of methoxy groups -OCH3 is 1. The van der Waals surface area contributed by atoms with E-state index in [1.54, 1.807) is 13.1 Å². The summed E-state index contributed by atoms with van der Waals surface area (Å²) in [5.74, 6) is 0.552. The molecule has 0 radical (unpaired) electrons. The number of carbonyl (C=O) groups is 1. The van der Waals surface area contributed by atoms with Gasteiger partial charge in [0.05, 0.1) is 5.69 Å². The average Bonchev–Trinajstić information content (AvgIpc) is 2.77. The fourth-order valence-electron chi connectivity index (χ4n) is 3.70. The topological polar surface area (TPSA) is 62.8 Å². The van der Waals surface area contributed by atoms with Gasteiger partial charge in [-0.1, -0.05) is 0 Å². The summed E-state index contributed by atoms with van der Waals surface area (Å²) in [6.45, 7) is 0.493. The van der Waals surface area contributed by atoms with Gasteiger partial charge in [0.15, 0.2) is 11.9 Å². The third kappa shape index (κ3) is 5.04. The second kappa shape index (κ2) is 9.47. The molecule has 0 atom stereocenters. The Bertz CT molecular complexity index is 880. The molecule has 1 fully saturated rings. The van der Waals surface area contributed by atoms with Crippen molar-refractivity contribution in [2.24, 2.45) is 0 Å². The van der Waals surface area contributed by atoms with E-state index in [2.05, 4.69) is 10.6 Å². The van der Waals surface area contributed by atoms with Crippen LogP contribution in [0.2, 0.25) is 0 Å². The molecule has 2 aromatic carbocycles. The summed E-state index contributed by atoms with van der Waals surface area (Å²) in [5, 5.41) is 6.27. The molecule has 6 nitrogen and oxygen atoms in total. The summed E-state index contributed by atoms with van der Waals surface area (Å²) in [7, 11) is 2.89. The van der Waals surface area contributed by atoms with Crippen LogP contribution >= 0.6 is 0 Å². The molecule has 0 aromatic heterocycles. The number of halogens is 3. The van der Waals surface area contributed by atoms with Crippen LogP contribution in [0.1, 0.15) is 12.8 Å². The number of nitrogens with one attached hydrogen (secondary N) is 2. The molecular weight excluding hydrogens is 411 g/mol. The van der Waals surface area contributed by atoms with Gasteiger partial charge in [-0.05, 0) is 36.4 Å². The zero-order valence-corrected chi connectivity index (χ0v) is 17.5. The highest BCUT2D eigenvalue weighted by atomic mass is 19.4. The smallest absolute Gasteiger partial charge is 0.417 e. The highest BCUT2D eigenvalue weighted by Crippen LogP contribution is 2.42. The monoisotopic (exact) mass is 437 g/mol. The van der Waals surface area contributed by atoms with Crippen LogP contribution in [0.5, 0.6) is 5.75 Å². The number of anilines is 4. The van der Waals surface area contributed by atoms with E-state index in [-0.39, 0.29) is 32.5 Å². The van der Waals surface area contributed by atoms with E-state index in [1.807, 2.05) is 41.3 Å². The largest absolute Gasteiger partial charge is 0.484 e. The molecule has 31 heavy (non-hydrogen) atoms. The van der Waals surface area contributed by atoms with Crippen LogP contribution in [0, 0.1) is 0 Å². The van der Waals surface area contributed by atoms with Crippen molar-refractivity contribution >= 4 is 29.0 Å². The molecule has 0 unspecified atom stereocenters. The van der Waals surface area contributed by atoms with E-state index in [0.29, 0.717) is 12.0 Å². The minimum Gasteiger partial charge on any atom is -0.484 e. The lowest BCUT2D eigenvalue weighted by atomic mass is 9.90. The quantitative estimate of drug-likeness (QED) is 0.589. The minimum absolute atomic E-state index is 0.0403. The van der Waals surface area contributed by atoms with Crippen LogP contribution in [0.15, 0.2) is 42.5 Å². The van der Waals surface area contributed by atoms with Gasteiger partial charge in [0.25, 0.3) is 0 Å². The van der Waals surface area contributed by atoms with Crippen LogP contribution in [0.3, 0.4) is 0 Å². The fourth-order valence-corrected chi connectivity index (χ4v) is 3.70. The average molecular weight is 437 g/mol. The summed E-state index contributed by atoms with van der Waals surface area (Å²) in [4.78, 5) is 12.5. The molecule has 1 aliphatic rings. The van der Waals surface area contributed by atoms with Crippen molar-refractivity contribution in [1.82, 2.24) is 0 Å². The first-order valence-electron chi connectivity index (χ1n) is 9.94. The molecule has 1 heterocycles. The Morgan fingerprint density at radius 2 is 1.74 bits per heavy atom. The van der Waals surface area contributed by atoms with Gasteiger partial charge in [-0.2, -0.15) is 13.2 Å². The van der Waals surface area contributed by atoms with Crippen molar-refractivity contribution in [2.75, 3.05) is 49.4 Å². The second-order valence-electron chi connectivity index (χ2n) is 7.29. The van der Waals surface area contributed by atoms with E-state index in [0.717, 1.165) is 29.9 Å². The highest BCUT2D eigenvalue weighted by molar-refractivity contribution is 5.69. The summed E-state index contributed by atoms with van der Waals surface area (Å²) >= 11 is 0. The maximum absolute atomic E-state index is 13.3. The first kappa shape index (κ1) is 22.7. The number of benzene rings is 2. The summed E-state index contributed by atoms with van der Waals surface area (Å²) < 4.78 is 50.4. The normalized spacial score (nSPS) is 16.0. The fraction of sp³-hybridized carbons (Fsp3) is 0.409. The van der Waals surface area contributed by atoms with Gasteiger partial charge < -0.3 is 25.0 Å². The van der Waals surface area contributed by atoms with Crippen LogP contribution in [-0.2, 0) is 9.53 Å². The Balaban J connectivity index is 1.66. The van der Waals surface area contributed by atoms with Crippen molar-refractivity contribution in [2.45, 2.75) is 24.6 Å². The zero-order chi connectivity index (χ0) is 22.5. The number of carbonyl (C=O) groups excluding carboxylic acids is 1. The van der Waals surface area contributed by atoms with Crippen LogP contribution in [0.25, 0.3) is 0 Å². The van der Waals surface area contributed by atoms with E-state index in [4.69, 9.17) is 9.47 Å². The Morgan fingerprint density at radius 1 is 1.10 bits per heavy atom. The molecule has 0 spiro atoms. The number of aldehydes is 1. The third-order valence-corrected chi connectivity index (χ3v) is 5.56. The molecule has 9 heteroatoms. The number of rotatable bonds is 8. The first-order chi connectivity index (χ1) is 14.8. The molecule has 0 aliphatic carbocycles. The first-order valence-corrected chi connectivity index (χ1v) is 9.94. The number of hydrogen-bond acceptors (Lipinski definition) is 6. The molecule has 0 saturated carbocycles. The Kier molecular flexibility index (Phi) is 6.94. The number of alkyl halides is 3. The van der Waals surface area contributed by atoms with E-state index in [1.165, 1.54) is 0 Å². The van der Waals surface area contributed by atoms with Crippen molar-refractivity contribution < 1.29 is 27.4 Å². The van der Waals surface area contributed by atoms with E-state index in [9.17, 15) is 18.0 Å². The van der Waals surface area contributed by atoms with Crippen LogP contribution in [-0.4, -0.2) is 51.9 Å². The standard InChI is InChI=1S/C22H26F3N3O3/c1-26-19-8-5-17(15-20(19)31-14-13-29)27-16-3-6-18(7-4-16)28-11-9-21(30-2,10-12-28)22(23,24)25/h3-8,13,15,26-27H,9-12,14H2,1-2H3. The van der Waals surface area contributed by atoms with Crippen molar-refractivity contribution in [3.05, 3.63) is 42.5 Å². The van der Waals surface area contributed by atoms with E-state index < -0.39 is 11.8 Å². The van der Waals surface area contributed by atoms with Crippen molar-refractivity contribution in [3.63, 3.8) is 0 Å². The molecular formula is C22H26F3N3O3. The van der Waals surface area contributed by atoms with Crippen molar-refractivity contribution in [1.29, 1.82) is 0 Å². The van der Waals surface area contributed by atoms with Crippen molar-refractivity contribution in [3.8, 4) is 5.75 Å². The Labute approximate surface area is 179 Å². The van der Waals surface area contributed by atoms with Gasteiger partial charge in [0, 0.05) is 63.2 Å². The number of piperidine rings is 1. The molecule has 2 aromatic rings. The summed E-state index contributed by atoms with van der Waals surface area (Å²) in [6.07, 6.45) is -3.90. The Hall–Kier alpha value is -2.94. The van der Waals surface area contributed by atoms with Gasteiger partial charge in [0.1, 0.15) is 12.4 Å². The third-order valence-electron chi connectivity index (χ3n) is 5.56.